The van der Waals surface area contributed by atoms with Crippen molar-refractivity contribution in [3.8, 4) is 5.75 Å². The smallest absolute Gasteiger partial charge is 0.140 e. The molecule has 114 valence electrons. The number of benzene rings is 1. The highest BCUT2D eigenvalue weighted by atomic mass is 32.1. The van der Waals surface area contributed by atoms with Gasteiger partial charge in [0.2, 0.25) is 0 Å². The minimum absolute atomic E-state index is 0.286. The second kappa shape index (κ2) is 6.54. The summed E-state index contributed by atoms with van der Waals surface area (Å²) < 4.78 is 18.4. The Morgan fingerprint density at radius 1 is 1.29 bits per heavy atom. The van der Waals surface area contributed by atoms with Crippen LogP contribution < -0.4 is 4.74 Å². The van der Waals surface area contributed by atoms with Crippen LogP contribution in [0.25, 0.3) is 0 Å². The average Bonchev–Trinajstić information content (AvgIpc) is 2.82. The standard InChI is InChI=1S/C16H20FNO2S/c1-4-5-13-15(16(2,3)19)21-14(18-13)10-20-12-8-6-11(17)7-9-12/h6-9,19H,4-5,10H2,1-3H3. The second-order valence-electron chi connectivity index (χ2n) is 5.44. The lowest BCUT2D eigenvalue weighted by Gasteiger charge is -2.16. The third-order valence-electron chi connectivity index (χ3n) is 2.96. The molecule has 0 aliphatic carbocycles. The number of rotatable bonds is 6. The minimum atomic E-state index is -0.893. The van der Waals surface area contributed by atoms with Gasteiger partial charge >= 0.3 is 0 Å². The molecule has 5 heteroatoms. The maximum atomic E-state index is 12.8. The van der Waals surface area contributed by atoms with Crippen LogP contribution in [0.3, 0.4) is 0 Å². The van der Waals surface area contributed by atoms with Crippen LogP contribution in [0, 0.1) is 5.82 Å². The molecule has 0 aliphatic heterocycles. The van der Waals surface area contributed by atoms with Crippen molar-refractivity contribution in [2.45, 2.75) is 45.8 Å². The number of aliphatic hydroxyl groups is 1. The zero-order valence-electron chi connectivity index (χ0n) is 12.5. The predicted molar refractivity (Wildman–Crippen MR) is 82.1 cm³/mol. The predicted octanol–water partition coefficient (Wildman–Crippen LogP) is 4.04. The van der Waals surface area contributed by atoms with Crippen LogP contribution in [0.5, 0.6) is 5.75 Å². The molecule has 0 unspecified atom stereocenters. The van der Waals surface area contributed by atoms with Crippen LogP contribution in [0.4, 0.5) is 4.39 Å². The topological polar surface area (TPSA) is 42.4 Å². The van der Waals surface area contributed by atoms with E-state index >= 15 is 0 Å². The molecule has 0 radical (unpaired) electrons. The van der Waals surface area contributed by atoms with Gasteiger partial charge in [-0.3, -0.25) is 0 Å². The van der Waals surface area contributed by atoms with Crippen LogP contribution in [-0.4, -0.2) is 10.1 Å². The van der Waals surface area contributed by atoms with E-state index in [0.29, 0.717) is 12.4 Å². The Balaban J connectivity index is 2.11. The van der Waals surface area contributed by atoms with Crippen molar-refractivity contribution < 1.29 is 14.2 Å². The molecule has 0 aliphatic rings. The maximum absolute atomic E-state index is 12.8. The van der Waals surface area contributed by atoms with Crippen molar-refractivity contribution >= 4 is 11.3 Å². The molecule has 2 rings (SSSR count). The molecule has 21 heavy (non-hydrogen) atoms. The first kappa shape index (κ1) is 15.9. The van der Waals surface area contributed by atoms with Gasteiger partial charge < -0.3 is 9.84 Å². The Labute approximate surface area is 128 Å². The highest BCUT2D eigenvalue weighted by Crippen LogP contribution is 2.31. The normalized spacial score (nSPS) is 11.7. The molecule has 0 atom stereocenters. The summed E-state index contributed by atoms with van der Waals surface area (Å²) in [6, 6.07) is 5.91. The SMILES string of the molecule is CCCc1nc(COc2ccc(F)cc2)sc1C(C)(C)O. The minimum Gasteiger partial charge on any atom is -0.486 e. The van der Waals surface area contributed by atoms with Crippen molar-refractivity contribution in [1.82, 2.24) is 4.98 Å². The Hall–Kier alpha value is -1.46. The number of thiazole rings is 1. The largest absolute Gasteiger partial charge is 0.486 e. The fourth-order valence-electron chi connectivity index (χ4n) is 2.02. The average molecular weight is 309 g/mol. The van der Waals surface area contributed by atoms with Gasteiger partial charge in [0.1, 0.15) is 23.2 Å². The van der Waals surface area contributed by atoms with E-state index in [2.05, 4.69) is 11.9 Å². The van der Waals surface area contributed by atoms with Gasteiger partial charge in [0.25, 0.3) is 0 Å². The maximum Gasteiger partial charge on any atom is 0.140 e. The van der Waals surface area contributed by atoms with Crippen molar-refractivity contribution in [1.29, 1.82) is 0 Å². The Morgan fingerprint density at radius 3 is 2.52 bits per heavy atom. The summed E-state index contributed by atoms with van der Waals surface area (Å²) in [5, 5.41) is 11.0. The second-order valence-corrected chi connectivity index (χ2v) is 6.52. The van der Waals surface area contributed by atoms with E-state index in [9.17, 15) is 9.50 Å². The Morgan fingerprint density at radius 2 is 1.95 bits per heavy atom. The fourth-order valence-corrected chi connectivity index (χ4v) is 3.05. The van der Waals surface area contributed by atoms with Crippen LogP contribution in [0.1, 0.15) is 42.8 Å². The van der Waals surface area contributed by atoms with E-state index in [-0.39, 0.29) is 5.82 Å². The Bertz CT molecular complexity index is 587. The molecular weight excluding hydrogens is 289 g/mol. The first-order valence-electron chi connectivity index (χ1n) is 7.00. The first-order chi connectivity index (χ1) is 9.90. The molecule has 1 heterocycles. The highest BCUT2D eigenvalue weighted by molar-refractivity contribution is 7.11. The zero-order valence-corrected chi connectivity index (χ0v) is 13.3. The third kappa shape index (κ3) is 4.25. The van der Waals surface area contributed by atoms with Gasteiger partial charge in [0.15, 0.2) is 0 Å². The van der Waals surface area contributed by atoms with Gasteiger partial charge in [-0.1, -0.05) is 13.3 Å². The molecule has 3 nitrogen and oxygen atoms in total. The molecule has 2 aromatic rings. The lowest BCUT2D eigenvalue weighted by atomic mass is 10.0. The molecule has 0 spiro atoms. The molecule has 1 aromatic carbocycles. The summed E-state index contributed by atoms with van der Waals surface area (Å²) in [6.45, 7) is 5.94. The molecule has 0 amide bonds. The van der Waals surface area contributed by atoms with Gasteiger partial charge in [-0.05, 0) is 44.5 Å². The molecule has 0 fully saturated rings. The van der Waals surface area contributed by atoms with Crippen molar-refractivity contribution in [2.75, 3.05) is 0 Å². The third-order valence-corrected chi connectivity index (χ3v) is 4.34. The van der Waals surface area contributed by atoms with Crippen molar-refractivity contribution in [2.24, 2.45) is 0 Å². The summed E-state index contributed by atoms with van der Waals surface area (Å²) >= 11 is 1.47. The molecule has 0 bridgehead atoms. The van der Waals surface area contributed by atoms with E-state index in [4.69, 9.17) is 4.74 Å². The molecule has 1 aromatic heterocycles. The van der Waals surface area contributed by atoms with Crippen LogP contribution >= 0.6 is 11.3 Å². The van der Waals surface area contributed by atoms with E-state index in [1.54, 1.807) is 26.0 Å². The molecule has 0 saturated heterocycles. The number of halogens is 1. The highest BCUT2D eigenvalue weighted by Gasteiger charge is 2.24. The number of aromatic nitrogens is 1. The number of ether oxygens (including phenoxy) is 1. The molecule has 0 saturated carbocycles. The Kier molecular flexibility index (Phi) is 4.96. The van der Waals surface area contributed by atoms with Gasteiger partial charge in [-0.25, -0.2) is 9.37 Å². The van der Waals surface area contributed by atoms with E-state index < -0.39 is 5.60 Å². The first-order valence-corrected chi connectivity index (χ1v) is 7.81. The summed E-state index contributed by atoms with van der Waals surface area (Å²) in [6.07, 6.45) is 1.82. The lowest BCUT2D eigenvalue weighted by Crippen LogP contribution is -2.15. The van der Waals surface area contributed by atoms with Gasteiger partial charge in [-0.2, -0.15) is 0 Å². The van der Waals surface area contributed by atoms with Gasteiger partial charge in [0.05, 0.1) is 16.2 Å². The number of nitrogens with zero attached hydrogens (tertiary/aromatic N) is 1. The van der Waals surface area contributed by atoms with E-state index in [0.717, 1.165) is 28.4 Å². The van der Waals surface area contributed by atoms with Crippen LogP contribution in [0.2, 0.25) is 0 Å². The van der Waals surface area contributed by atoms with Crippen molar-refractivity contribution in [3.63, 3.8) is 0 Å². The summed E-state index contributed by atoms with van der Waals surface area (Å²) in [5.74, 6) is 0.319. The van der Waals surface area contributed by atoms with Crippen LogP contribution in [-0.2, 0) is 18.6 Å². The molecular formula is C16H20FNO2S. The van der Waals surface area contributed by atoms with E-state index in [1.807, 2.05) is 0 Å². The fraction of sp³-hybridized carbons (Fsp3) is 0.438. The number of aryl methyl sites for hydroxylation is 1. The van der Waals surface area contributed by atoms with E-state index in [1.165, 1.54) is 23.5 Å². The quantitative estimate of drug-likeness (QED) is 0.875. The monoisotopic (exact) mass is 309 g/mol. The summed E-state index contributed by atoms with van der Waals surface area (Å²) in [5.41, 5.74) is 0.0451. The van der Waals surface area contributed by atoms with Crippen molar-refractivity contribution in [3.05, 3.63) is 45.7 Å². The number of hydrogen-bond donors (Lipinski definition) is 1. The summed E-state index contributed by atoms with van der Waals surface area (Å²) in [7, 11) is 0. The van der Waals surface area contributed by atoms with Gasteiger partial charge in [0, 0.05) is 0 Å². The summed E-state index contributed by atoms with van der Waals surface area (Å²) in [4.78, 5) is 5.45. The van der Waals surface area contributed by atoms with Gasteiger partial charge in [-0.15, -0.1) is 11.3 Å². The zero-order chi connectivity index (χ0) is 15.5. The lowest BCUT2D eigenvalue weighted by molar-refractivity contribution is 0.0813. The molecule has 1 N–H and O–H groups in total. The number of hydrogen-bond acceptors (Lipinski definition) is 4. The van der Waals surface area contributed by atoms with Crippen LogP contribution in [0.15, 0.2) is 24.3 Å².